The van der Waals surface area contributed by atoms with Crippen molar-refractivity contribution in [2.45, 2.75) is 20.8 Å². The minimum Gasteiger partial charge on any atom is -0.277 e. The molecule has 49 heavy (non-hydrogen) atoms. The van der Waals surface area contributed by atoms with E-state index in [2.05, 4.69) is 0 Å². The Balaban J connectivity index is 1.07. The largest absolute Gasteiger partial charge is 0.277 e. The first-order valence-electron chi connectivity index (χ1n) is 15.7. The molecule has 238 valence electrons. The Bertz CT molecular complexity index is 2430. The van der Waals surface area contributed by atoms with E-state index in [-0.39, 0.29) is 34.8 Å². The van der Waals surface area contributed by atoms with Crippen LogP contribution in [0.15, 0.2) is 91.0 Å². The summed E-state index contributed by atoms with van der Waals surface area (Å²) >= 11 is 0. The highest BCUT2D eigenvalue weighted by Crippen LogP contribution is 2.38. The number of amides is 6. The summed E-state index contributed by atoms with van der Waals surface area (Å²) in [4.78, 5) is 81.8. The number of nitrogens with zero attached hydrogens (tertiary/aromatic N) is 3. The molecule has 0 fully saturated rings. The maximum absolute atomic E-state index is 13.7. The van der Waals surface area contributed by atoms with Gasteiger partial charge in [0.2, 0.25) is 0 Å². The lowest BCUT2D eigenvalue weighted by atomic mass is 9.95. The second kappa shape index (κ2) is 10.5. The number of hydrogen-bond donors (Lipinski definition) is 0. The van der Waals surface area contributed by atoms with Gasteiger partial charge in [0.15, 0.2) is 0 Å². The molecule has 0 atom stereocenters. The predicted octanol–water partition coefficient (Wildman–Crippen LogP) is 6.77. The van der Waals surface area contributed by atoms with Gasteiger partial charge in [-0.25, -0.2) is 9.80 Å². The second-order valence-electron chi connectivity index (χ2n) is 12.6. The molecule has 3 aliphatic heterocycles. The number of aryl methyl sites for hydroxylation is 3. The van der Waals surface area contributed by atoms with Crippen molar-refractivity contribution < 1.29 is 28.8 Å². The molecule has 3 aliphatic rings. The molecule has 6 amide bonds. The van der Waals surface area contributed by atoms with Gasteiger partial charge in [-0.2, -0.15) is 0 Å². The number of fused-ring (bicyclic) bond motifs is 3. The molecule has 0 unspecified atom stereocenters. The summed E-state index contributed by atoms with van der Waals surface area (Å²) in [6, 6.07) is 26.0. The Labute approximate surface area is 281 Å². The van der Waals surface area contributed by atoms with Gasteiger partial charge in [-0.1, -0.05) is 35.9 Å². The Morgan fingerprint density at radius 3 is 1.22 bits per heavy atom. The van der Waals surface area contributed by atoms with E-state index in [1.54, 1.807) is 66.7 Å². The van der Waals surface area contributed by atoms with E-state index >= 15 is 0 Å². The third-order valence-electron chi connectivity index (χ3n) is 9.58. The lowest BCUT2D eigenvalue weighted by Crippen LogP contribution is -2.29. The van der Waals surface area contributed by atoms with Crippen molar-refractivity contribution >= 4 is 46.8 Å². The number of carbonyl (C=O) groups is 6. The Hall–Kier alpha value is -6.48. The molecule has 0 spiro atoms. The summed E-state index contributed by atoms with van der Waals surface area (Å²) in [7, 11) is 1.44. The fourth-order valence-electron chi connectivity index (χ4n) is 6.96. The quantitative estimate of drug-likeness (QED) is 0.199. The topological polar surface area (TPSA) is 112 Å². The molecule has 8 rings (SSSR count). The van der Waals surface area contributed by atoms with E-state index in [1.165, 1.54) is 11.9 Å². The number of carbonyl (C=O) groups excluding carboxylic acids is 6. The van der Waals surface area contributed by atoms with E-state index in [0.717, 1.165) is 37.6 Å². The maximum Gasteiger partial charge on any atom is 0.266 e. The Kier molecular flexibility index (Phi) is 6.41. The zero-order valence-corrected chi connectivity index (χ0v) is 27.0. The summed E-state index contributed by atoms with van der Waals surface area (Å²) in [6.07, 6.45) is 0. The van der Waals surface area contributed by atoms with E-state index in [9.17, 15) is 28.8 Å². The van der Waals surface area contributed by atoms with Crippen LogP contribution in [-0.2, 0) is 0 Å². The molecule has 0 aliphatic carbocycles. The molecule has 0 bridgehead atoms. The first-order chi connectivity index (χ1) is 23.4. The van der Waals surface area contributed by atoms with E-state index in [1.807, 2.05) is 45.0 Å². The highest BCUT2D eigenvalue weighted by molar-refractivity contribution is 6.35. The SMILES string of the molecule is Cc1ccc2c(c1)C(=O)N(c1ccc(-c3ccc(N4C(=O)c5ccc(-c6ccc7c(c6)C(=O)N(C)C7=O)cc5C4=O)cc3C)c(C)c1)C2=O. The van der Waals surface area contributed by atoms with Crippen LogP contribution in [0.2, 0.25) is 0 Å². The number of imide groups is 3. The van der Waals surface area contributed by atoms with Gasteiger partial charge in [0.1, 0.15) is 0 Å². The summed E-state index contributed by atoms with van der Waals surface area (Å²) in [5.74, 6) is -2.35. The molecule has 9 nitrogen and oxygen atoms in total. The van der Waals surface area contributed by atoms with Gasteiger partial charge in [0.05, 0.1) is 44.8 Å². The highest BCUT2D eigenvalue weighted by atomic mass is 16.2. The zero-order valence-electron chi connectivity index (χ0n) is 27.0. The number of benzene rings is 5. The predicted molar refractivity (Wildman–Crippen MR) is 183 cm³/mol. The van der Waals surface area contributed by atoms with Crippen LogP contribution in [-0.4, -0.2) is 47.4 Å². The first kappa shape index (κ1) is 29.9. The van der Waals surface area contributed by atoms with Gasteiger partial charge < -0.3 is 0 Å². The monoisotopic (exact) mass is 645 g/mol. The van der Waals surface area contributed by atoms with Crippen molar-refractivity contribution in [3.63, 3.8) is 0 Å². The normalized spacial score (nSPS) is 15.1. The lowest BCUT2D eigenvalue weighted by Gasteiger charge is -2.19. The van der Waals surface area contributed by atoms with Crippen LogP contribution in [0.3, 0.4) is 0 Å². The fourth-order valence-corrected chi connectivity index (χ4v) is 6.96. The van der Waals surface area contributed by atoms with Gasteiger partial charge in [-0.3, -0.25) is 33.7 Å². The summed E-state index contributed by atoms with van der Waals surface area (Å²) in [6.45, 7) is 5.68. The van der Waals surface area contributed by atoms with Crippen LogP contribution in [0.5, 0.6) is 0 Å². The average Bonchev–Trinajstić information content (AvgIpc) is 3.58. The molecule has 0 saturated carbocycles. The average molecular weight is 646 g/mol. The summed E-state index contributed by atoms with van der Waals surface area (Å²) in [5, 5.41) is 0. The van der Waals surface area contributed by atoms with Crippen molar-refractivity contribution in [3.8, 4) is 22.3 Å². The summed E-state index contributed by atoms with van der Waals surface area (Å²) < 4.78 is 0. The number of anilines is 2. The summed E-state index contributed by atoms with van der Waals surface area (Å²) in [5.41, 5.74) is 8.47. The van der Waals surface area contributed by atoms with Gasteiger partial charge in [0, 0.05) is 7.05 Å². The fraction of sp³-hybridized carbons (Fsp3) is 0.100. The molecule has 0 saturated heterocycles. The Morgan fingerprint density at radius 2 is 0.735 bits per heavy atom. The molecular weight excluding hydrogens is 618 g/mol. The lowest BCUT2D eigenvalue weighted by molar-refractivity contribution is 0.0691. The van der Waals surface area contributed by atoms with E-state index in [0.29, 0.717) is 44.8 Å². The molecule has 0 aromatic heterocycles. The molecule has 3 heterocycles. The minimum absolute atomic E-state index is 0.249. The van der Waals surface area contributed by atoms with Crippen molar-refractivity contribution in [2.24, 2.45) is 0 Å². The van der Waals surface area contributed by atoms with Crippen LogP contribution in [0.1, 0.15) is 78.8 Å². The minimum atomic E-state index is -0.460. The Morgan fingerprint density at radius 1 is 0.367 bits per heavy atom. The van der Waals surface area contributed by atoms with Gasteiger partial charge >= 0.3 is 0 Å². The van der Waals surface area contributed by atoms with Crippen molar-refractivity contribution in [1.29, 1.82) is 0 Å². The van der Waals surface area contributed by atoms with Crippen molar-refractivity contribution in [2.75, 3.05) is 16.8 Å². The van der Waals surface area contributed by atoms with Crippen LogP contribution >= 0.6 is 0 Å². The van der Waals surface area contributed by atoms with Crippen molar-refractivity contribution in [3.05, 3.63) is 141 Å². The number of rotatable bonds is 4. The molecule has 0 N–H and O–H groups in total. The standard InChI is InChI=1S/C40H27N3O6/c1-20-5-10-30-32(15-20)39(48)42(37(30)46)25-8-13-27(21(2)16-25)28-14-9-26(17-22(28)3)43-38(47)31-12-7-24(19-34(31)40(43)49)23-6-11-29-33(18-23)36(45)41(4)35(29)44/h5-19H,1-4H3. The van der Waals surface area contributed by atoms with Crippen LogP contribution in [0, 0.1) is 20.8 Å². The van der Waals surface area contributed by atoms with Gasteiger partial charge in [-0.05, 0) is 115 Å². The van der Waals surface area contributed by atoms with Gasteiger partial charge in [-0.15, -0.1) is 0 Å². The first-order valence-corrected chi connectivity index (χ1v) is 15.7. The third kappa shape index (κ3) is 4.32. The third-order valence-corrected chi connectivity index (χ3v) is 9.58. The second-order valence-corrected chi connectivity index (χ2v) is 12.6. The molecular formula is C40H27N3O6. The van der Waals surface area contributed by atoms with Crippen molar-refractivity contribution in [1.82, 2.24) is 4.90 Å². The van der Waals surface area contributed by atoms with Crippen LogP contribution in [0.4, 0.5) is 11.4 Å². The van der Waals surface area contributed by atoms with E-state index < -0.39 is 11.8 Å². The zero-order chi connectivity index (χ0) is 34.5. The number of hydrogen-bond acceptors (Lipinski definition) is 6. The molecule has 0 radical (unpaired) electrons. The van der Waals surface area contributed by atoms with E-state index in [4.69, 9.17) is 0 Å². The van der Waals surface area contributed by atoms with Crippen LogP contribution < -0.4 is 9.80 Å². The molecule has 5 aromatic rings. The highest BCUT2D eigenvalue weighted by Gasteiger charge is 2.39. The van der Waals surface area contributed by atoms with Crippen LogP contribution in [0.25, 0.3) is 22.3 Å². The molecule has 9 heteroatoms. The maximum atomic E-state index is 13.7. The smallest absolute Gasteiger partial charge is 0.266 e. The van der Waals surface area contributed by atoms with Gasteiger partial charge in [0.25, 0.3) is 35.4 Å². The molecule has 5 aromatic carbocycles.